The molecule has 0 aliphatic heterocycles. The Hall–Kier alpha value is -2.89. The van der Waals surface area contributed by atoms with Gasteiger partial charge >= 0.3 is 5.97 Å². The Kier molecular flexibility index (Phi) is 8.71. The maximum absolute atomic E-state index is 12.2. The highest BCUT2D eigenvalue weighted by Crippen LogP contribution is 2.15. The second kappa shape index (κ2) is 10.8. The highest BCUT2D eigenvalue weighted by atomic mass is 16.5. The average molecular weight is 344 g/mol. The SMILES string of the molecule is C/C=C/C=C/C(=O)OCC(=O)Nc1ccccc1C(=O)NCC(C)C. The lowest BCUT2D eigenvalue weighted by Crippen LogP contribution is -2.29. The van der Waals surface area contributed by atoms with Crippen molar-refractivity contribution in [2.24, 2.45) is 5.92 Å². The largest absolute Gasteiger partial charge is 0.452 e. The molecular formula is C19H24N2O4. The maximum atomic E-state index is 12.2. The van der Waals surface area contributed by atoms with Crippen LogP contribution in [-0.2, 0) is 14.3 Å². The Morgan fingerprint density at radius 2 is 1.88 bits per heavy atom. The topological polar surface area (TPSA) is 84.5 Å². The Labute approximate surface area is 147 Å². The summed E-state index contributed by atoms with van der Waals surface area (Å²) < 4.78 is 4.83. The van der Waals surface area contributed by atoms with E-state index in [0.29, 0.717) is 23.7 Å². The molecule has 0 atom stereocenters. The normalized spacial score (nSPS) is 11.0. The van der Waals surface area contributed by atoms with E-state index in [-0.39, 0.29) is 5.91 Å². The zero-order valence-corrected chi connectivity index (χ0v) is 14.7. The Bertz CT molecular complexity index is 663. The number of carbonyl (C=O) groups is 3. The summed E-state index contributed by atoms with van der Waals surface area (Å²) in [5, 5.41) is 5.39. The van der Waals surface area contributed by atoms with Gasteiger partial charge in [0, 0.05) is 12.6 Å². The van der Waals surface area contributed by atoms with Crippen LogP contribution in [0.3, 0.4) is 0 Å². The summed E-state index contributed by atoms with van der Waals surface area (Å²) in [7, 11) is 0. The monoisotopic (exact) mass is 344 g/mol. The van der Waals surface area contributed by atoms with E-state index in [4.69, 9.17) is 4.74 Å². The van der Waals surface area contributed by atoms with Gasteiger partial charge in [0.1, 0.15) is 0 Å². The van der Waals surface area contributed by atoms with Gasteiger partial charge in [0.15, 0.2) is 6.61 Å². The number of hydrogen-bond donors (Lipinski definition) is 2. The molecular weight excluding hydrogens is 320 g/mol. The van der Waals surface area contributed by atoms with Crippen LogP contribution in [0.2, 0.25) is 0 Å². The van der Waals surface area contributed by atoms with E-state index < -0.39 is 18.5 Å². The minimum Gasteiger partial charge on any atom is -0.452 e. The summed E-state index contributed by atoms with van der Waals surface area (Å²) in [6.07, 6.45) is 6.18. The fourth-order valence-corrected chi connectivity index (χ4v) is 1.80. The minimum atomic E-state index is -0.615. The van der Waals surface area contributed by atoms with Crippen molar-refractivity contribution in [1.82, 2.24) is 5.32 Å². The van der Waals surface area contributed by atoms with E-state index in [1.165, 1.54) is 12.2 Å². The first-order chi connectivity index (χ1) is 11.9. The van der Waals surface area contributed by atoms with Gasteiger partial charge in [0.25, 0.3) is 11.8 Å². The van der Waals surface area contributed by atoms with Crippen LogP contribution < -0.4 is 10.6 Å². The second-order valence-electron chi connectivity index (χ2n) is 5.69. The summed E-state index contributed by atoms with van der Waals surface area (Å²) in [5.74, 6) is -1.08. The highest BCUT2D eigenvalue weighted by Gasteiger charge is 2.13. The smallest absolute Gasteiger partial charge is 0.331 e. The van der Waals surface area contributed by atoms with E-state index >= 15 is 0 Å². The Morgan fingerprint density at radius 3 is 2.56 bits per heavy atom. The molecule has 6 heteroatoms. The fraction of sp³-hybridized carbons (Fsp3) is 0.316. The molecule has 25 heavy (non-hydrogen) atoms. The van der Waals surface area contributed by atoms with Crippen LogP contribution in [0.15, 0.2) is 48.6 Å². The standard InChI is InChI=1S/C19H24N2O4/c1-4-5-6-11-18(23)25-13-17(22)21-16-10-8-7-9-15(16)19(24)20-12-14(2)3/h4-11,14H,12-13H2,1-3H3,(H,20,24)(H,21,22)/b5-4+,11-6+. The number of para-hydroxylation sites is 1. The molecule has 0 radical (unpaired) electrons. The van der Waals surface area contributed by atoms with Crippen molar-refractivity contribution in [2.75, 3.05) is 18.5 Å². The number of rotatable bonds is 8. The third-order valence-corrected chi connectivity index (χ3v) is 3.00. The third kappa shape index (κ3) is 7.97. The quantitative estimate of drug-likeness (QED) is 0.431. The summed E-state index contributed by atoms with van der Waals surface area (Å²) in [5.41, 5.74) is 0.727. The van der Waals surface area contributed by atoms with Gasteiger partial charge in [-0.3, -0.25) is 9.59 Å². The summed E-state index contributed by atoms with van der Waals surface area (Å²) in [4.78, 5) is 35.5. The summed E-state index contributed by atoms with van der Waals surface area (Å²) in [6, 6.07) is 6.67. The van der Waals surface area contributed by atoms with Crippen LogP contribution in [-0.4, -0.2) is 30.9 Å². The number of anilines is 1. The van der Waals surface area contributed by atoms with Crippen LogP contribution in [0.1, 0.15) is 31.1 Å². The van der Waals surface area contributed by atoms with Crippen molar-refractivity contribution in [2.45, 2.75) is 20.8 Å². The van der Waals surface area contributed by atoms with Crippen molar-refractivity contribution < 1.29 is 19.1 Å². The molecule has 0 aliphatic carbocycles. The number of benzene rings is 1. The van der Waals surface area contributed by atoms with E-state index in [2.05, 4.69) is 10.6 Å². The lowest BCUT2D eigenvalue weighted by molar-refractivity contribution is -0.142. The molecule has 0 saturated carbocycles. The number of amides is 2. The van der Waals surface area contributed by atoms with Crippen molar-refractivity contribution in [3.63, 3.8) is 0 Å². The van der Waals surface area contributed by atoms with Crippen molar-refractivity contribution in [1.29, 1.82) is 0 Å². The molecule has 0 saturated heterocycles. The Balaban J connectivity index is 2.62. The Morgan fingerprint density at radius 1 is 1.16 bits per heavy atom. The van der Waals surface area contributed by atoms with Gasteiger partial charge in [-0.05, 0) is 25.0 Å². The van der Waals surface area contributed by atoms with Gasteiger partial charge in [0.05, 0.1) is 11.3 Å². The maximum Gasteiger partial charge on any atom is 0.331 e. The van der Waals surface area contributed by atoms with E-state index in [0.717, 1.165) is 0 Å². The summed E-state index contributed by atoms with van der Waals surface area (Å²) >= 11 is 0. The molecule has 1 aromatic rings. The van der Waals surface area contributed by atoms with E-state index in [9.17, 15) is 14.4 Å². The number of nitrogens with one attached hydrogen (secondary N) is 2. The van der Waals surface area contributed by atoms with E-state index in [1.807, 2.05) is 20.8 Å². The zero-order valence-electron chi connectivity index (χ0n) is 14.7. The molecule has 0 aromatic heterocycles. The second-order valence-corrected chi connectivity index (χ2v) is 5.69. The first-order valence-electron chi connectivity index (χ1n) is 8.07. The molecule has 0 fully saturated rings. The first-order valence-corrected chi connectivity index (χ1v) is 8.07. The van der Waals surface area contributed by atoms with Gasteiger partial charge in [0.2, 0.25) is 0 Å². The van der Waals surface area contributed by atoms with Gasteiger partial charge < -0.3 is 15.4 Å². The number of hydrogen-bond acceptors (Lipinski definition) is 4. The van der Waals surface area contributed by atoms with Crippen molar-refractivity contribution >= 4 is 23.5 Å². The molecule has 1 aromatic carbocycles. The van der Waals surface area contributed by atoms with Crippen LogP contribution in [0.25, 0.3) is 0 Å². The fourth-order valence-electron chi connectivity index (χ4n) is 1.80. The van der Waals surface area contributed by atoms with Gasteiger partial charge in [-0.2, -0.15) is 0 Å². The molecule has 1 rings (SSSR count). The third-order valence-electron chi connectivity index (χ3n) is 3.00. The lowest BCUT2D eigenvalue weighted by Gasteiger charge is -2.12. The number of esters is 1. The predicted octanol–water partition coefficient (Wildman–Crippen LogP) is 2.69. The molecule has 2 amide bonds. The first kappa shape index (κ1) is 20.2. The molecule has 134 valence electrons. The van der Waals surface area contributed by atoms with Gasteiger partial charge in [-0.25, -0.2) is 4.79 Å². The summed E-state index contributed by atoms with van der Waals surface area (Å²) in [6.45, 7) is 5.91. The van der Waals surface area contributed by atoms with Crippen LogP contribution in [0, 0.1) is 5.92 Å². The van der Waals surface area contributed by atoms with Gasteiger partial charge in [-0.1, -0.05) is 44.2 Å². The highest BCUT2D eigenvalue weighted by molar-refractivity contribution is 6.04. The van der Waals surface area contributed by atoms with Crippen molar-refractivity contribution in [3.8, 4) is 0 Å². The lowest BCUT2D eigenvalue weighted by atomic mass is 10.1. The number of carbonyl (C=O) groups excluding carboxylic acids is 3. The molecule has 0 bridgehead atoms. The van der Waals surface area contributed by atoms with E-state index in [1.54, 1.807) is 36.4 Å². The zero-order chi connectivity index (χ0) is 18.7. The molecule has 0 heterocycles. The molecule has 6 nitrogen and oxygen atoms in total. The predicted molar refractivity (Wildman–Crippen MR) is 97.2 cm³/mol. The molecule has 0 unspecified atom stereocenters. The van der Waals surface area contributed by atoms with Crippen LogP contribution in [0.5, 0.6) is 0 Å². The number of allylic oxidation sites excluding steroid dienone is 3. The van der Waals surface area contributed by atoms with Gasteiger partial charge in [-0.15, -0.1) is 0 Å². The van der Waals surface area contributed by atoms with Crippen LogP contribution in [0.4, 0.5) is 5.69 Å². The number of ether oxygens (including phenoxy) is 1. The average Bonchev–Trinajstić information content (AvgIpc) is 2.58. The molecule has 0 aliphatic rings. The minimum absolute atomic E-state index is 0.268. The molecule has 2 N–H and O–H groups in total. The molecule has 0 spiro atoms. The van der Waals surface area contributed by atoms with Crippen molar-refractivity contribution in [3.05, 3.63) is 54.1 Å². The van der Waals surface area contributed by atoms with Crippen LogP contribution >= 0.6 is 0 Å².